The number of anilines is 2. The molecule has 1 saturated heterocycles. The average Bonchev–Trinajstić information content (AvgIpc) is 3.01. The number of carbonyl (C=O) groups excluding carboxylic acids is 2. The number of methoxy groups -OCH3 is 1. The SMILES string of the molecule is COC(=O)c1ccc(N2CCN(CC3=C(c4ccc(Cl)cc4)CC(C)(C)CC3)CC2)cc1Oc1cc(Br)nc(NC(=O)OC(C)(C)C)c1. The third-order valence-corrected chi connectivity index (χ3v) is 9.18. The van der Waals surface area contributed by atoms with Gasteiger partial charge in [-0.05, 0) is 96.8 Å². The number of amides is 1. The summed E-state index contributed by atoms with van der Waals surface area (Å²) in [7, 11) is 1.34. The number of halogens is 2. The number of aromatic nitrogens is 1. The number of hydrogen-bond acceptors (Lipinski definition) is 8. The molecule has 0 atom stereocenters. The number of piperazine rings is 1. The number of esters is 1. The molecule has 1 amide bonds. The minimum absolute atomic E-state index is 0.233. The Morgan fingerprint density at radius 2 is 1.73 bits per heavy atom. The van der Waals surface area contributed by atoms with E-state index in [9.17, 15) is 9.59 Å². The number of pyridine rings is 1. The van der Waals surface area contributed by atoms with Crippen molar-refractivity contribution in [1.29, 1.82) is 0 Å². The molecule has 0 saturated carbocycles. The van der Waals surface area contributed by atoms with E-state index in [4.69, 9.17) is 25.8 Å². The smallest absolute Gasteiger partial charge is 0.413 e. The zero-order valence-electron chi connectivity index (χ0n) is 28.5. The van der Waals surface area contributed by atoms with Gasteiger partial charge in [0.2, 0.25) is 0 Å². The second kappa shape index (κ2) is 14.9. The van der Waals surface area contributed by atoms with Crippen LogP contribution in [0.1, 0.15) is 69.8 Å². The molecule has 5 rings (SSSR count). The normalized spacial score (nSPS) is 16.8. The van der Waals surface area contributed by atoms with Crippen LogP contribution in [0.15, 0.2) is 64.8 Å². The quantitative estimate of drug-likeness (QED) is 0.181. The minimum Gasteiger partial charge on any atom is -0.465 e. The van der Waals surface area contributed by atoms with Gasteiger partial charge in [-0.2, -0.15) is 0 Å². The van der Waals surface area contributed by atoms with E-state index in [0.717, 1.165) is 56.3 Å². The number of rotatable bonds is 8. The van der Waals surface area contributed by atoms with Crippen LogP contribution < -0.4 is 15.0 Å². The monoisotopic (exact) mass is 738 g/mol. The summed E-state index contributed by atoms with van der Waals surface area (Å²) in [5.41, 5.74) is 5.09. The van der Waals surface area contributed by atoms with Crippen molar-refractivity contribution in [2.75, 3.05) is 50.1 Å². The van der Waals surface area contributed by atoms with Gasteiger partial charge in [0.1, 0.15) is 33.1 Å². The Morgan fingerprint density at radius 3 is 2.40 bits per heavy atom. The number of allylic oxidation sites excluding steroid dienone is 1. The Bertz CT molecular complexity index is 1680. The van der Waals surface area contributed by atoms with E-state index in [-0.39, 0.29) is 16.8 Å². The lowest BCUT2D eigenvalue weighted by Gasteiger charge is -2.39. The molecule has 0 bridgehead atoms. The first-order valence-corrected chi connectivity index (χ1v) is 17.4. The highest BCUT2D eigenvalue weighted by Gasteiger charge is 2.29. The molecule has 3 aromatic rings. The first kappa shape index (κ1) is 35.7. The van der Waals surface area contributed by atoms with Gasteiger partial charge in [-0.3, -0.25) is 10.2 Å². The second-order valence-corrected chi connectivity index (χ2v) is 15.4. The first-order chi connectivity index (χ1) is 22.7. The fraction of sp³-hybridized carbons (Fsp3) is 0.432. The van der Waals surface area contributed by atoms with Gasteiger partial charge in [0.15, 0.2) is 0 Å². The summed E-state index contributed by atoms with van der Waals surface area (Å²) in [6, 6.07) is 17.0. The van der Waals surface area contributed by atoms with E-state index in [1.165, 1.54) is 30.2 Å². The van der Waals surface area contributed by atoms with Crippen molar-refractivity contribution in [3.05, 3.63) is 80.9 Å². The van der Waals surface area contributed by atoms with E-state index in [1.54, 1.807) is 39.0 Å². The third kappa shape index (κ3) is 9.51. The van der Waals surface area contributed by atoms with Gasteiger partial charge in [0.25, 0.3) is 0 Å². The first-order valence-electron chi connectivity index (χ1n) is 16.2. The van der Waals surface area contributed by atoms with Crippen molar-refractivity contribution in [2.24, 2.45) is 5.41 Å². The van der Waals surface area contributed by atoms with E-state index in [2.05, 4.69) is 62.0 Å². The fourth-order valence-corrected chi connectivity index (χ4v) is 6.64. The summed E-state index contributed by atoms with van der Waals surface area (Å²) >= 11 is 9.59. The summed E-state index contributed by atoms with van der Waals surface area (Å²) in [6.45, 7) is 14.5. The number of ether oxygens (including phenoxy) is 3. The molecule has 2 aliphatic rings. The third-order valence-electron chi connectivity index (χ3n) is 8.53. The summed E-state index contributed by atoms with van der Waals surface area (Å²) in [6.07, 6.45) is 2.70. The Balaban J connectivity index is 1.31. The highest BCUT2D eigenvalue weighted by atomic mass is 79.9. The van der Waals surface area contributed by atoms with Gasteiger partial charge < -0.3 is 19.1 Å². The number of hydrogen-bond donors (Lipinski definition) is 1. The summed E-state index contributed by atoms with van der Waals surface area (Å²) in [5.74, 6) is 0.430. The van der Waals surface area contributed by atoms with Crippen molar-refractivity contribution in [1.82, 2.24) is 9.88 Å². The van der Waals surface area contributed by atoms with Crippen molar-refractivity contribution in [3.8, 4) is 11.5 Å². The van der Waals surface area contributed by atoms with Crippen molar-refractivity contribution in [3.63, 3.8) is 0 Å². The van der Waals surface area contributed by atoms with Gasteiger partial charge in [0, 0.05) is 61.6 Å². The van der Waals surface area contributed by atoms with Crippen LogP contribution in [-0.2, 0) is 9.47 Å². The van der Waals surface area contributed by atoms with Crippen LogP contribution >= 0.6 is 27.5 Å². The number of benzene rings is 2. The standard InChI is InChI=1S/C37H44BrClN4O5/c1-36(2,3)48-35(45)41-33-21-28(20-32(38)40-33)47-31-19-27(11-12-29(31)34(44)46-6)43-17-15-42(16-18-43)23-25-13-14-37(4,5)22-30(25)24-7-9-26(39)10-8-24/h7-12,19-21H,13-18,22-23H2,1-6H3,(H,40,41,45). The van der Waals surface area contributed by atoms with Gasteiger partial charge in [-0.1, -0.05) is 43.2 Å². The molecule has 1 aliphatic heterocycles. The second-order valence-electron chi connectivity index (χ2n) is 14.1. The highest BCUT2D eigenvalue weighted by molar-refractivity contribution is 9.10. The van der Waals surface area contributed by atoms with Gasteiger partial charge in [0.05, 0.1) is 7.11 Å². The topological polar surface area (TPSA) is 93.2 Å². The Hall–Kier alpha value is -3.60. The lowest BCUT2D eigenvalue weighted by molar-refractivity contribution is 0.0595. The van der Waals surface area contributed by atoms with Crippen LogP contribution in [0, 0.1) is 5.41 Å². The Kier molecular flexibility index (Phi) is 11.1. The van der Waals surface area contributed by atoms with Crippen LogP contribution in [-0.4, -0.2) is 67.4 Å². The zero-order valence-corrected chi connectivity index (χ0v) is 30.8. The molecule has 48 heavy (non-hydrogen) atoms. The molecule has 1 aromatic heterocycles. The minimum atomic E-state index is -0.665. The van der Waals surface area contributed by atoms with Crippen LogP contribution in [0.5, 0.6) is 11.5 Å². The molecule has 0 unspecified atom stereocenters. The summed E-state index contributed by atoms with van der Waals surface area (Å²) in [4.78, 5) is 34.2. The van der Waals surface area contributed by atoms with Crippen LogP contribution in [0.3, 0.4) is 0 Å². The molecule has 9 nitrogen and oxygen atoms in total. The largest absolute Gasteiger partial charge is 0.465 e. The molecule has 0 radical (unpaired) electrons. The molecular weight excluding hydrogens is 696 g/mol. The number of nitrogens with one attached hydrogen (secondary N) is 1. The maximum absolute atomic E-state index is 12.7. The Morgan fingerprint density at radius 1 is 1.02 bits per heavy atom. The average molecular weight is 740 g/mol. The molecule has 2 aromatic carbocycles. The van der Waals surface area contributed by atoms with Crippen LogP contribution in [0.2, 0.25) is 5.02 Å². The van der Waals surface area contributed by atoms with Crippen molar-refractivity contribution >= 4 is 56.7 Å². The van der Waals surface area contributed by atoms with Gasteiger partial charge in [-0.15, -0.1) is 0 Å². The molecule has 1 aliphatic carbocycles. The van der Waals surface area contributed by atoms with Crippen LogP contribution in [0.4, 0.5) is 16.3 Å². The molecule has 1 fully saturated rings. The fourth-order valence-electron chi connectivity index (χ4n) is 6.10. The lowest BCUT2D eigenvalue weighted by Crippen LogP contribution is -2.47. The summed E-state index contributed by atoms with van der Waals surface area (Å²) < 4.78 is 17.1. The molecule has 256 valence electrons. The maximum Gasteiger partial charge on any atom is 0.413 e. The molecule has 2 heterocycles. The van der Waals surface area contributed by atoms with Crippen LogP contribution in [0.25, 0.3) is 5.57 Å². The van der Waals surface area contributed by atoms with Gasteiger partial charge >= 0.3 is 12.1 Å². The number of nitrogens with zero attached hydrogens (tertiary/aromatic N) is 3. The molecule has 0 spiro atoms. The summed E-state index contributed by atoms with van der Waals surface area (Å²) in [5, 5.41) is 3.39. The molecule has 1 N–H and O–H groups in total. The van der Waals surface area contributed by atoms with E-state index >= 15 is 0 Å². The predicted octanol–water partition coefficient (Wildman–Crippen LogP) is 9.21. The zero-order chi connectivity index (χ0) is 34.6. The Labute approximate surface area is 296 Å². The molecular formula is C37H44BrClN4O5. The predicted molar refractivity (Wildman–Crippen MR) is 194 cm³/mol. The van der Waals surface area contributed by atoms with E-state index in [0.29, 0.717) is 16.1 Å². The maximum atomic E-state index is 12.7. The van der Waals surface area contributed by atoms with Gasteiger partial charge in [-0.25, -0.2) is 14.6 Å². The highest BCUT2D eigenvalue weighted by Crippen LogP contribution is 2.43. The van der Waals surface area contributed by atoms with E-state index in [1.807, 2.05) is 24.3 Å². The number of carbonyl (C=O) groups is 2. The van der Waals surface area contributed by atoms with Crippen molar-refractivity contribution in [2.45, 2.75) is 59.5 Å². The van der Waals surface area contributed by atoms with Crippen molar-refractivity contribution < 1.29 is 23.8 Å². The van der Waals surface area contributed by atoms with E-state index < -0.39 is 17.7 Å². The lowest BCUT2D eigenvalue weighted by atomic mass is 9.72. The molecule has 11 heteroatoms.